The minimum atomic E-state index is 0.0368. The van der Waals surface area contributed by atoms with Gasteiger partial charge in [0.2, 0.25) is 0 Å². The number of hydrogen-bond acceptors (Lipinski definition) is 5. The Kier molecular flexibility index (Phi) is 43.6. The lowest BCUT2D eigenvalue weighted by atomic mass is 9.93. The van der Waals surface area contributed by atoms with Gasteiger partial charge in [0.05, 0.1) is 0 Å². The van der Waals surface area contributed by atoms with Crippen LogP contribution in [-0.2, 0) is 19.1 Å². The molecule has 0 fully saturated rings. The molecule has 0 saturated heterocycles. The lowest BCUT2D eigenvalue weighted by Crippen LogP contribution is -2.25. The molecule has 0 aliphatic heterocycles. The predicted octanol–water partition coefficient (Wildman–Crippen LogP) is 16.7. The molecule has 340 valence electrons. The zero-order valence-corrected chi connectivity index (χ0v) is 39.8. The van der Waals surface area contributed by atoms with Crippen molar-refractivity contribution >= 4 is 11.9 Å². The molecule has 5 heteroatoms. The van der Waals surface area contributed by atoms with Gasteiger partial charge in [0.1, 0.15) is 12.2 Å². The first-order chi connectivity index (χ1) is 27.9. The maximum Gasteiger partial charge on any atom is 0.306 e. The quantitative estimate of drug-likeness (QED) is 0.0453. The maximum atomic E-state index is 12.9. The second-order valence-corrected chi connectivity index (χ2v) is 18.3. The minimum absolute atomic E-state index is 0.0368. The SMILES string of the molecule is CCCCCCCCC(CCCCCCCC)OC(=O)CCCCCCCN(C)CCCCCCCC(=O)OC(CCCCCCCC)C(C)CCCCCCC. The summed E-state index contributed by atoms with van der Waals surface area (Å²) in [6.45, 7) is 13.7. The lowest BCUT2D eigenvalue weighted by Gasteiger charge is -2.24. The Bertz CT molecular complexity index is 817. The topological polar surface area (TPSA) is 55.8 Å². The zero-order valence-electron chi connectivity index (χ0n) is 39.8. The van der Waals surface area contributed by atoms with Crippen LogP contribution < -0.4 is 0 Å². The Morgan fingerprint density at radius 3 is 1.12 bits per heavy atom. The summed E-state index contributed by atoms with van der Waals surface area (Å²) in [6, 6.07) is 0. The molecule has 0 amide bonds. The van der Waals surface area contributed by atoms with Crippen LogP contribution >= 0.6 is 0 Å². The molecule has 0 radical (unpaired) electrons. The second kappa shape index (κ2) is 44.5. The Morgan fingerprint density at radius 1 is 0.386 bits per heavy atom. The first kappa shape index (κ1) is 55.9. The number of ether oxygens (including phenoxy) is 2. The van der Waals surface area contributed by atoms with E-state index in [4.69, 9.17) is 9.47 Å². The van der Waals surface area contributed by atoms with Crippen molar-refractivity contribution in [2.75, 3.05) is 20.1 Å². The monoisotopic (exact) mass is 806 g/mol. The molecular formula is C52H103NO4. The second-order valence-electron chi connectivity index (χ2n) is 18.3. The number of nitrogens with zero attached hydrogens (tertiary/aromatic N) is 1. The fourth-order valence-corrected chi connectivity index (χ4v) is 8.36. The Morgan fingerprint density at radius 2 is 0.702 bits per heavy atom. The summed E-state index contributed by atoms with van der Waals surface area (Å²) in [7, 11) is 2.26. The zero-order chi connectivity index (χ0) is 41.9. The van der Waals surface area contributed by atoms with Crippen LogP contribution in [0, 0.1) is 5.92 Å². The van der Waals surface area contributed by atoms with Gasteiger partial charge in [-0.05, 0) is 96.7 Å². The molecular weight excluding hydrogens is 703 g/mol. The molecule has 0 aliphatic carbocycles. The van der Waals surface area contributed by atoms with E-state index in [1.165, 1.54) is 193 Å². The smallest absolute Gasteiger partial charge is 0.306 e. The highest BCUT2D eigenvalue weighted by molar-refractivity contribution is 5.69. The molecule has 0 heterocycles. The minimum Gasteiger partial charge on any atom is -0.462 e. The average molecular weight is 806 g/mol. The summed E-state index contributed by atoms with van der Waals surface area (Å²) in [5.74, 6) is 0.545. The number of hydrogen-bond donors (Lipinski definition) is 0. The van der Waals surface area contributed by atoms with Crippen LogP contribution in [-0.4, -0.2) is 49.2 Å². The molecule has 0 bridgehead atoms. The fourth-order valence-electron chi connectivity index (χ4n) is 8.36. The number of rotatable bonds is 46. The summed E-state index contributed by atoms with van der Waals surface area (Å²) in [6.07, 6.45) is 47.1. The van der Waals surface area contributed by atoms with Gasteiger partial charge >= 0.3 is 11.9 Å². The van der Waals surface area contributed by atoms with Crippen molar-refractivity contribution in [2.24, 2.45) is 5.92 Å². The molecule has 0 aromatic heterocycles. The van der Waals surface area contributed by atoms with E-state index >= 15 is 0 Å². The van der Waals surface area contributed by atoms with E-state index in [-0.39, 0.29) is 24.1 Å². The third-order valence-electron chi connectivity index (χ3n) is 12.4. The van der Waals surface area contributed by atoms with E-state index in [1.54, 1.807) is 0 Å². The molecule has 57 heavy (non-hydrogen) atoms. The fraction of sp³-hybridized carbons (Fsp3) is 0.962. The highest BCUT2D eigenvalue weighted by Gasteiger charge is 2.21. The first-order valence-electron chi connectivity index (χ1n) is 25.9. The van der Waals surface area contributed by atoms with Crippen molar-refractivity contribution in [1.29, 1.82) is 0 Å². The molecule has 2 atom stereocenters. The van der Waals surface area contributed by atoms with Gasteiger partial charge in [0.15, 0.2) is 0 Å². The van der Waals surface area contributed by atoms with E-state index in [0.717, 1.165) is 58.0 Å². The molecule has 0 N–H and O–H groups in total. The van der Waals surface area contributed by atoms with Crippen LogP contribution in [0.4, 0.5) is 0 Å². The molecule has 0 aromatic carbocycles. The van der Waals surface area contributed by atoms with Crippen molar-refractivity contribution in [2.45, 2.75) is 297 Å². The van der Waals surface area contributed by atoms with Gasteiger partial charge in [-0.2, -0.15) is 0 Å². The molecule has 0 spiro atoms. The van der Waals surface area contributed by atoms with Crippen LogP contribution in [0.1, 0.15) is 285 Å². The van der Waals surface area contributed by atoms with Crippen LogP contribution in [0.2, 0.25) is 0 Å². The van der Waals surface area contributed by atoms with E-state index in [1.807, 2.05) is 0 Å². The van der Waals surface area contributed by atoms with E-state index in [0.29, 0.717) is 18.8 Å². The third-order valence-corrected chi connectivity index (χ3v) is 12.4. The first-order valence-corrected chi connectivity index (χ1v) is 25.9. The van der Waals surface area contributed by atoms with Gasteiger partial charge in [0, 0.05) is 12.8 Å². The number of esters is 2. The van der Waals surface area contributed by atoms with E-state index in [9.17, 15) is 9.59 Å². The normalized spacial score (nSPS) is 12.8. The van der Waals surface area contributed by atoms with Gasteiger partial charge in [-0.3, -0.25) is 9.59 Å². The van der Waals surface area contributed by atoms with Crippen molar-refractivity contribution in [3.63, 3.8) is 0 Å². The van der Waals surface area contributed by atoms with Crippen LogP contribution in [0.3, 0.4) is 0 Å². The highest BCUT2D eigenvalue weighted by Crippen LogP contribution is 2.24. The molecule has 0 aromatic rings. The summed E-state index contributed by atoms with van der Waals surface area (Å²) >= 11 is 0. The number of carbonyl (C=O) groups excluding carboxylic acids is 2. The lowest BCUT2D eigenvalue weighted by molar-refractivity contribution is -0.152. The molecule has 0 aliphatic rings. The molecule has 0 rings (SSSR count). The van der Waals surface area contributed by atoms with Gasteiger partial charge in [-0.15, -0.1) is 0 Å². The van der Waals surface area contributed by atoms with Gasteiger partial charge in [-0.1, -0.05) is 202 Å². The predicted molar refractivity (Wildman–Crippen MR) is 249 cm³/mol. The number of carbonyl (C=O) groups is 2. The third kappa shape index (κ3) is 40.1. The molecule has 2 unspecified atom stereocenters. The highest BCUT2D eigenvalue weighted by atomic mass is 16.5. The molecule has 0 saturated carbocycles. The summed E-state index contributed by atoms with van der Waals surface area (Å²) in [4.78, 5) is 28.1. The standard InChI is InChI=1S/C52H103NO4/c1-7-11-15-19-25-33-41-49(42-34-26-20-16-12-8-2)56-51(54)44-36-28-22-30-38-46-53(6)47-39-31-23-29-37-45-52(55)57-50(43-35-27-21-17-13-9-3)48(5)40-32-24-18-14-10-4/h48-50H,7-47H2,1-6H3. The van der Waals surface area contributed by atoms with Gasteiger partial charge in [0.25, 0.3) is 0 Å². The van der Waals surface area contributed by atoms with Crippen LogP contribution in [0.5, 0.6) is 0 Å². The van der Waals surface area contributed by atoms with Crippen molar-refractivity contribution < 1.29 is 19.1 Å². The van der Waals surface area contributed by atoms with Gasteiger partial charge < -0.3 is 14.4 Å². The van der Waals surface area contributed by atoms with Crippen molar-refractivity contribution in [1.82, 2.24) is 4.90 Å². The van der Waals surface area contributed by atoms with Crippen LogP contribution in [0.15, 0.2) is 0 Å². The Labute approximate surface area is 358 Å². The number of unbranched alkanes of at least 4 members (excludes halogenated alkanes) is 27. The maximum absolute atomic E-state index is 12.9. The van der Waals surface area contributed by atoms with Gasteiger partial charge in [-0.25, -0.2) is 0 Å². The van der Waals surface area contributed by atoms with Crippen LogP contribution in [0.25, 0.3) is 0 Å². The van der Waals surface area contributed by atoms with Crippen molar-refractivity contribution in [3.05, 3.63) is 0 Å². The summed E-state index contributed by atoms with van der Waals surface area (Å²) in [5, 5.41) is 0. The Balaban J connectivity index is 4.09. The molecule has 5 nitrogen and oxygen atoms in total. The van der Waals surface area contributed by atoms with E-state index in [2.05, 4.69) is 46.6 Å². The largest absolute Gasteiger partial charge is 0.462 e. The average Bonchev–Trinajstić information content (AvgIpc) is 3.20. The summed E-state index contributed by atoms with van der Waals surface area (Å²) in [5.41, 5.74) is 0. The van der Waals surface area contributed by atoms with E-state index < -0.39 is 0 Å². The summed E-state index contributed by atoms with van der Waals surface area (Å²) < 4.78 is 12.2. The Hall–Kier alpha value is -1.10. The van der Waals surface area contributed by atoms with Crippen molar-refractivity contribution in [3.8, 4) is 0 Å².